The van der Waals surface area contributed by atoms with Crippen molar-refractivity contribution in [2.75, 3.05) is 0 Å². The van der Waals surface area contributed by atoms with Gasteiger partial charge in [0.05, 0.1) is 5.41 Å². The van der Waals surface area contributed by atoms with Crippen molar-refractivity contribution in [3.8, 4) is 0 Å². The SMILES string of the molecule is CCc1ccc(C(=O)[C@@H](C)OC(=O)C23CC4CC(CC(C4)C2)C3)cc1. The first kappa shape index (κ1) is 16.8. The second-order valence-corrected chi connectivity index (χ2v) is 8.66. The number of ketones is 1. The van der Waals surface area contributed by atoms with Crippen molar-refractivity contribution in [3.05, 3.63) is 35.4 Å². The van der Waals surface area contributed by atoms with Crippen molar-refractivity contribution < 1.29 is 14.3 Å². The maximum absolute atomic E-state index is 13.0. The largest absolute Gasteiger partial charge is 0.454 e. The molecule has 4 bridgehead atoms. The second kappa shape index (κ2) is 6.26. The molecule has 0 unspecified atom stereocenters. The lowest BCUT2D eigenvalue weighted by molar-refractivity contribution is -0.174. The van der Waals surface area contributed by atoms with E-state index in [1.807, 2.05) is 24.3 Å². The molecule has 4 fully saturated rings. The lowest BCUT2D eigenvalue weighted by atomic mass is 9.49. The Morgan fingerprint density at radius 3 is 2.04 bits per heavy atom. The summed E-state index contributed by atoms with van der Waals surface area (Å²) in [5.41, 5.74) is 1.54. The van der Waals surface area contributed by atoms with E-state index in [-0.39, 0.29) is 17.2 Å². The molecule has 0 N–H and O–H groups in total. The fraction of sp³-hybridized carbons (Fsp3) is 0.636. The van der Waals surface area contributed by atoms with Crippen molar-refractivity contribution in [2.45, 2.75) is 64.9 Å². The van der Waals surface area contributed by atoms with Crippen LogP contribution in [-0.2, 0) is 16.0 Å². The van der Waals surface area contributed by atoms with Gasteiger partial charge >= 0.3 is 5.97 Å². The van der Waals surface area contributed by atoms with Gasteiger partial charge in [0, 0.05) is 5.56 Å². The zero-order valence-electron chi connectivity index (χ0n) is 15.3. The van der Waals surface area contributed by atoms with Crippen LogP contribution in [0.15, 0.2) is 24.3 Å². The van der Waals surface area contributed by atoms with Crippen molar-refractivity contribution >= 4 is 11.8 Å². The Morgan fingerprint density at radius 1 is 1.04 bits per heavy atom. The number of esters is 1. The summed E-state index contributed by atoms with van der Waals surface area (Å²) in [6.45, 7) is 3.81. The number of hydrogen-bond donors (Lipinski definition) is 0. The van der Waals surface area contributed by atoms with Crippen LogP contribution >= 0.6 is 0 Å². The highest BCUT2D eigenvalue weighted by Gasteiger charge is 2.55. The van der Waals surface area contributed by atoms with Gasteiger partial charge in [-0.1, -0.05) is 31.2 Å². The van der Waals surface area contributed by atoms with Crippen LogP contribution in [-0.4, -0.2) is 17.9 Å². The fourth-order valence-electron chi connectivity index (χ4n) is 5.84. The molecule has 0 spiro atoms. The number of hydrogen-bond acceptors (Lipinski definition) is 3. The molecule has 0 saturated heterocycles. The number of benzene rings is 1. The predicted molar refractivity (Wildman–Crippen MR) is 96.3 cm³/mol. The van der Waals surface area contributed by atoms with Crippen molar-refractivity contribution in [1.29, 1.82) is 0 Å². The summed E-state index contributed by atoms with van der Waals surface area (Å²) in [5, 5.41) is 0. The van der Waals surface area contributed by atoms with Gasteiger partial charge in [-0.05, 0) is 75.2 Å². The Kier molecular flexibility index (Phi) is 4.21. The van der Waals surface area contributed by atoms with Crippen LogP contribution in [0.2, 0.25) is 0 Å². The molecule has 5 rings (SSSR count). The normalized spacial score (nSPS) is 33.9. The van der Waals surface area contributed by atoms with Gasteiger partial charge in [0.15, 0.2) is 6.10 Å². The summed E-state index contributed by atoms with van der Waals surface area (Å²) in [5.74, 6) is 1.89. The molecule has 4 saturated carbocycles. The molecule has 0 aromatic heterocycles. The van der Waals surface area contributed by atoms with E-state index in [0.29, 0.717) is 23.3 Å². The van der Waals surface area contributed by atoms with Crippen molar-refractivity contribution in [1.82, 2.24) is 0 Å². The Bertz CT molecular complexity index is 638. The standard InChI is InChI=1S/C22H28O3/c1-3-15-4-6-19(7-5-15)20(23)14(2)25-21(24)22-11-16-8-17(12-22)10-18(9-16)13-22/h4-7,14,16-18H,3,8-13H2,1-2H3/t14-,16?,17?,18?,22?/m1/s1. The van der Waals surface area contributed by atoms with Crippen LogP contribution in [0.1, 0.15) is 68.3 Å². The lowest BCUT2D eigenvalue weighted by Crippen LogP contribution is -2.51. The van der Waals surface area contributed by atoms with Crippen LogP contribution in [0, 0.1) is 23.2 Å². The maximum atomic E-state index is 13.0. The third-order valence-corrected chi connectivity index (χ3v) is 6.77. The molecule has 3 heteroatoms. The molecular formula is C22H28O3. The summed E-state index contributed by atoms with van der Waals surface area (Å²) >= 11 is 0. The fourth-order valence-corrected chi connectivity index (χ4v) is 5.84. The monoisotopic (exact) mass is 340 g/mol. The van der Waals surface area contributed by atoms with Gasteiger partial charge in [-0.2, -0.15) is 0 Å². The number of Topliss-reactive ketones (excluding diaryl/α,β-unsaturated/α-hetero) is 1. The highest BCUT2D eigenvalue weighted by molar-refractivity contribution is 6.00. The van der Waals surface area contributed by atoms with E-state index < -0.39 is 6.10 Å². The smallest absolute Gasteiger partial charge is 0.312 e. The van der Waals surface area contributed by atoms with E-state index in [1.54, 1.807) is 6.92 Å². The van der Waals surface area contributed by atoms with E-state index in [1.165, 1.54) is 24.8 Å². The zero-order valence-corrected chi connectivity index (χ0v) is 15.3. The molecule has 1 aromatic rings. The summed E-state index contributed by atoms with van der Waals surface area (Å²) in [6.07, 6.45) is 7.07. The average molecular weight is 340 g/mol. The molecule has 0 radical (unpaired) electrons. The lowest BCUT2D eigenvalue weighted by Gasteiger charge is -2.55. The van der Waals surface area contributed by atoms with E-state index >= 15 is 0 Å². The highest BCUT2D eigenvalue weighted by Crippen LogP contribution is 2.60. The Morgan fingerprint density at radius 2 is 1.56 bits per heavy atom. The summed E-state index contributed by atoms with van der Waals surface area (Å²) in [6, 6.07) is 7.63. The minimum absolute atomic E-state index is 0.0965. The van der Waals surface area contributed by atoms with E-state index in [0.717, 1.165) is 25.7 Å². The summed E-state index contributed by atoms with van der Waals surface area (Å²) in [4.78, 5) is 25.6. The van der Waals surface area contributed by atoms with Crippen LogP contribution in [0.25, 0.3) is 0 Å². The minimum atomic E-state index is -0.701. The first-order valence-electron chi connectivity index (χ1n) is 9.83. The number of ether oxygens (including phenoxy) is 1. The number of carbonyl (C=O) groups excluding carboxylic acids is 2. The Balaban J connectivity index is 1.44. The number of carbonyl (C=O) groups is 2. The molecule has 0 aliphatic heterocycles. The quantitative estimate of drug-likeness (QED) is 0.582. The molecule has 1 atom stereocenters. The van der Waals surface area contributed by atoms with E-state index in [9.17, 15) is 9.59 Å². The number of aryl methyl sites for hydroxylation is 1. The van der Waals surface area contributed by atoms with Crippen LogP contribution in [0.4, 0.5) is 0 Å². The van der Waals surface area contributed by atoms with Crippen LogP contribution in [0.3, 0.4) is 0 Å². The van der Waals surface area contributed by atoms with Gasteiger partial charge in [0.25, 0.3) is 0 Å². The summed E-state index contributed by atoms with van der Waals surface area (Å²) in [7, 11) is 0. The average Bonchev–Trinajstić information content (AvgIpc) is 2.60. The summed E-state index contributed by atoms with van der Waals surface area (Å²) < 4.78 is 5.72. The molecule has 4 aliphatic rings. The van der Waals surface area contributed by atoms with Gasteiger partial charge in [-0.25, -0.2) is 0 Å². The Hall–Kier alpha value is -1.64. The van der Waals surface area contributed by atoms with Gasteiger partial charge in [0.1, 0.15) is 0 Å². The minimum Gasteiger partial charge on any atom is -0.454 e. The predicted octanol–water partition coefficient (Wildman–Crippen LogP) is 4.58. The molecule has 0 amide bonds. The van der Waals surface area contributed by atoms with Gasteiger partial charge in [-0.15, -0.1) is 0 Å². The van der Waals surface area contributed by atoms with E-state index in [2.05, 4.69) is 6.92 Å². The first-order chi connectivity index (χ1) is 12.0. The zero-order chi connectivity index (χ0) is 17.6. The highest BCUT2D eigenvalue weighted by atomic mass is 16.5. The molecule has 1 aromatic carbocycles. The van der Waals surface area contributed by atoms with Gasteiger partial charge in [-0.3, -0.25) is 9.59 Å². The molecule has 134 valence electrons. The van der Waals surface area contributed by atoms with Gasteiger partial charge < -0.3 is 4.74 Å². The van der Waals surface area contributed by atoms with Crippen molar-refractivity contribution in [2.24, 2.45) is 23.2 Å². The third-order valence-electron chi connectivity index (χ3n) is 6.77. The maximum Gasteiger partial charge on any atom is 0.312 e. The molecule has 25 heavy (non-hydrogen) atoms. The van der Waals surface area contributed by atoms with Crippen LogP contribution in [0.5, 0.6) is 0 Å². The van der Waals surface area contributed by atoms with Gasteiger partial charge in [0.2, 0.25) is 5.78 Å². The Labute approximate surface area is 150 Å². The van der Waals surface area contributed by atoms with E-state index in [4.69, 9.17) is 4.74 Å². The first-order valence-corrected chi connectivity index (χ1v) is 9.83. The van der Waals surface area contributed by atoms with Crippen molar-refractivity contribution in [3.63, 3.8) is 0 Å². The number of rotatable bonds is 5. The second-order valence-electron chi connectivity index (χ2n) is 8.66. The molecule has 3 nitrogen and oxygen atoms in total. The molecular weight excluding hydrogens is 312 g/mol. The molecule has 0 heterocycles. The molecule has 4 aliphatic carbocycles. The topological polar surface area (TPSA) is 43.4 Å². The third kappa shape index (κ3) is 3.02. The van der Waals surface area contributed by atoms with Crippen LogP contribution < -0.4 is 0 Å².